The topological polar surface area (TPSA) is 70.7 Å². The third-order valence-corrected chi connectivity index (χ3v) is 4.18. The lowest BCUT2D eigenvalue weighted by Crippen LogP contribution is -2.27. The highest BCUT2D eigenvalue weighted by Crippen LogP contribution is 2.26. The van der Waals surface area contributed by atoms with E-state index in [0.717, 1.165) is 4.88 Å². The fourth-order valence-corrected chi connectivity index (χ4v) is 2.66. The van der Waals surface area contributed by atoms with E-state index in [2.05, 4.69) is 20.5 Å². The molecule has 0 fully saturated rings. The van der Waals surface area contributed by atoms with E-state index in [-0.39, 0.29) is 23.2 Å². The summed E-state index contributed by atoms with van der Waals surface area (Å²) in [6.07, 6.45) is 0. The summed E-state index contributed by atoms with van der Waals surface area (Å²) in [5.41, 5.74) is -0.168. The molecule has 0 bridgehead atoms. The molecule has 0 spiro atoms. The highest BCUT2D eigenvalue weighted by molar-refractivity contribution is 7.16. The van der Waals surface area contributed by atoms with Crippen molar-refractivity contribution < 1.29 is 4.79 Å². The van der Waals surface area contributed by atoms with Crippen LogP contribution in [0.2, 0.25) is 4.34 Å². The fourth-order valence-electron chi connectivity index (χ4n) is 1.59. The molecule has 2 heterocycles. The van der Waals surface area contributed by atoms with Gasteiger partial charge in [0.1, 0.15) is 5.82 Å². The number of carbonyl (C=O) groups is 1. The number of H-pyrrole nitrogens is 1. The van der Waals surface area contributed by atoms with Crippen molar-refractivity contribution in [3.8, 4) is 0 Å². The number of nitrogens with zero attached hydrogens (tertiary/aromatic N) is 2. The summed E-state index contributed by atoms with van der Waals surface area (Å²) in [5.74, 6) is 0.549. The predicted octanol–water partition coefficient (Wildman–Crippen LogP) is 3.31. The first-order valence-corrected chi connectivity index (χ1v) is 7.46. The van der Waals surface area contributed by atoms with Crippen LogP contribution in [0.3, 0.4) is 0 Å². The number of rotatable bonds is 3. The van der Waals surface area contributed by atoms with Gasteiger partial charge in [-0.3, -0.25) is 9.89 Å². The van der Waals surface area contributed by atoms with Crippen LogP contribution in [-0.2, 0) is 5.41 Å². The molecular formula is C13H17ClN4OS. The first-order chi connectivity index (χ1) is 9.27. The quantitative estimate of drug-likeness (QED) is 0.913. The van der Waals surface area contributed by atoms with Gasteiger partial charge in [-0.15, -0.1) is 16.4 Å². The standard InChI is InChI=1S/C13H17ClN4OS/c1-7(8-5-6-9(14)20-8)15-11(19)10-16-12(18-17-10)13(2,3)4/h5-7H,1-4H3,(H,15,19)(H,16,17,18). The fraction of sp³-hybridized carbons (Fsp3) is 0.462. The number of aromatic amines is 1. The second-order valence-corrected chi connectivity index (χ2v) is 7.34. The normalized spacial score (nSPS) is 13.2. The Kier molecular flexibility index (Phi) is 4.15. The van der Waals surface area contributed by atoms with Gasteiger partial charge < -0.3 is 5.32 Å². The molecule has 20 heavy (non-hydrogen) atoms. The van der Waals surface area contributed by atoms with Gasteiger partial charge in [-0.25, -0.2) is 4.98 Å². The van der Waals surface area contributed by atoms with E-state index in [4.69, 9.17) is 11.6 Å². The summed E-state index contributed by atoms with van der Waals surface area (Å²) < 4.78 is 0.703. The molecule has 5 nitrogen and oxygen atoms in total. The molecule has 2 aromatic heterocycles. The van der Waals surface area contributed by atoms with E-state index in [1.807, 2.05) is 39.8 Å². The van der Waals surface area contributed by atoms with Gasteiger partial charge in [0, 0.05) is 10.3 Å². The van der Waals surface area contributed by atoms with E-state index in [1.165, 1.54) is 11.3 Å². The Labute approximate surface area is 126 Å². The van der Waals surface area contributed by atoms with Crippen molar-refractivity contribution >= 4 is 28.8 Å². The molecule has 1 atom stereocenters. The molecule has 1 unspecified atom stereocenters. The van der Waals surface area contributed by atoms with E-state index < -0.39 is 0 Å². The number of halogens is 1. The van der Waals surface area contributed by atoms with Crippen molar-refractivity contribution in [1.29, 1.82) is 0 Å². The number of aromatic nitrogens is 3. The van der Waals surface area contributed by atoms with Gasteiger partial charge in [-0.05, 0) is 19.1 Å². The minimum Gasteiger partial charge on any atom is -0.342 e. The zero-order chi connectivity index (χ0) is 14.9. The van der Waals surface area contributed by atoms with Crippen LogP contribution in [0.15, 0.2) is 12.1 Å². The molecule has 0 aromatic carbocycles. The van der Waals surface area contributed by atoms with Crippen molar-refractivity contribution in [2.45, 2.75) is 39.2 Å². The lowest BCUT2D eigenvalue weighted by Gasteiger charge is -2.13. The van der Waals surface area contributed by atoms with E-state index in [1.54, 1.807) is 0 Å². The molecule has 2 rings (SSSR count). The Hall–Kier alpha value is -1.40. The van der Waals surface area contributed by atoms with Gasteiger partial charge in [0.2, 0.25) is 5.82 Å². The molecule has 0 aliphatic carbocycles. The molecule has 7 heteroatoms. The minimum atomic E-state index is -0.297. The van der Waals surface area contributed by atoms with Crippen LogP contribution >= 0.6 is 22.9 Å². The van der Waals surface area contributed by atoms with E-state index in [0.29, 0.717) is 10.2 Å². The molecule has 2 N–H and O–H groups in total. The van der Waals surface area contributed by atoms with Crippen LogP contribution < -0.4 is 5.32 Å². The predicted molar refractivity (Wildman–Crippen MR) is 80.3 cm³/mol. The summed E-state index contributed by atoms with van der Waals surface area (Å²) in [6.45, 7) is 7.92. The smallest absolute Gasteiger partial charge is 0.291 e. The lowest BCUT2D eigenvalue weighted by molar-refractivity contribution is 0.0930. The van der Waals surface area contributed by atoms with Crippen molar-refractivity contribution in [2.24, 2.45) is 0 Å². The summed E-state index contributed by atoms with van der Waals surface area (Å²) in [6, 6.07) is 3.59. The molecule has 0 saturated carbocycles. The van der Waals surface area contributed by atoms with Crippen LogP contribution in [0.4, 0.5) is 0 Å². The highest BCUT2D eigenvalue weighted by atomic mass is 35.5. The van der Waals surface area contributed by atoms with E-state index in [9.17, 15) is 4.79 Å². The summed E-state index contributed by atoms with van der Waals surface area (Å²) >= 11 is 7.33. The molecular weight excluding hydrogens is 296 g/mol. The summed E-state index contributed by atoms with van der Waals surface area (Å²) in [5, 5.41) is 9.63. The highest BCUT2D eigenvalue weighted by Gasteiger charge is 2.22. The SMILES string of the molecule is CC(NC(=O)c1n[nH]c(C(C)(C)C)n1)c1ccc(Cl)s1. The summed E-state index contributed by atoms with van der Waals surface area (Å²) in [7, 11) is 0. The van der Waals surface area contributed by atoms with Crippen molar-refractivity contribution in [1.82, 2.24) is 20.5 Å². The van der Waals surface area contributed by atoms with Crippen molar-refractivity contribution in [3.05, 3.63) is 33.0 Å². The molecule has 0 aliphatic heterocycles. The van der Waals surface area contributed by atoms with Gasteiger partial charge in [0.05, 0.1) is 10.4 Å². The Morgan fingerprint density at radius 1 is 1.45 bits per heavy atom. The van der Waals surface area contributed by atoms with Crippen LogP contribution in [-0.4, -0.2) is 21.1 Å². The number of hydrogen-bond acceptors (Lipinski definition) is 4. The molecule has 108 valence electrons. The van der Waals surface area contributed by atoms with Gasteiger partial charge in [0.15, 0.2) is 0 Å². The molecule has 0 aliphatic rings. The number of amides is 1. The van der Waals surface area contributed by atoms with Gasteiger partial charge >= 0.3 is 0 Å². The number of nitrogens with one attached hydrogen (secondary N) is 2. The largest absolute Gasteiger partial charge is 0.342 e. The number of carbonyl (C=O) groups excluding carboxylic acids is 1. The summed E-state index contributed by atoms with van der Waals surface area (Å²) in [4.78, 5) is 17.3. The maximum Gasteiger partial charge on any atom is 0.291 e. The monoisotopic (exact) mass is 312 g/mol. The lowest BCUT2D eigenvalue weighted by atomic mass is 9.96. The van der Waals surface area contributed by atoms with Gasteiger partial charge in [-0.2, -0.15) is 0 Å². The molecule has 0 saturated heterocycles. The van der Waals surface area contributed by atoms with Crippen LogP contribution in [0.5, 0.6) is 0 Å². The van der Waals surface area contributed by atoms with E-state index >= 15 is 0 Å². The second kappa shape index (κ2) is 5.54. The molecule has 2 aromatic rings. The average Bonchev–Trinajstić information content (AvgIpc) is 2.95. The Bertz CT molecular complexity index is 614. The second-order valence-electron chi connectivity index (χ2n) is 5.59. The first kappa shape index (κ1) is 15.0. The molecule has 1 amide bonds. The number of hydrogen-bond donors (Lipinski definition) is 2. The van der Waals surface area contributed by atoms with Crippen LogP contribution in [0.1, 0.15) is 55.1 Å². The first-order valence-electron chi connectivity index (χ1n) is 6.26. The zero-order valence-corrected chi connectivity index (χ0v) is 13.4. The van der Waals surface area contributed by atoms with Crippen molar-refractivity contribution in [2.75, 3.05) is 0 Å². The Morgan fingerprint density at radius 2 is 2.15 bits per heavy atom. The minimum absolute atomic E-state index is 0.128. The third kappa shape index (κ3) is 3.37. The van der Waals surface area contributed by atoms with Gasteiger partial charge in [-0.1, -0.05) is 32.4 Å². The molecule has 0 radical (unpaired) electrons. The maximum atomic E-state index is 12.1. The Morgan fingerprint density at radius 3 is 2.65 bits per heavy atom. The van der Waals surface area contributed by atoms with Gasteiger partial charge in [0.25, 0.3) is 5.91 Å². The van der Waals surface area contributed by atoms with Crippen LogP contribution in [0, 0.1) is 0 Å². The average molecular weight is 313 g/mol. The number of thiophene rings is 1. The van der Waals surface area contributed by atoms with Crippen molar-refractivity contribution in [3.63, 3.8) is 0 Å². The third-order valence-electron chi connectivity index (χ3n) is 2.77. The maximum absolute atomic E-state index is 12.1. The Balaban J connectivity index is 2.07. The zero-order valence-electron chi connectivity index (χ0n) is 11.8. The van der Waals surface area contributed by atoms with Crippen LogP contribution in [0.25, 0.3) is 0 Å².